The van der Waals surface area contributed by atoms with E-state index in [0.717, 1.165) is 36.4 Å². The van der Waals surface area contributed by atoms with Gasteiger partial charge in [0.15, 0.2) is 0 Å². The van der Waals surface area contributed by atoms with E-state index in [2.05, 4.69) is 16.2 Å². The lowest BCUT2D eigenvalue weighted by Gasteiger charge is -2.26. The predicted octanol–water partition coefficient (Wildman–Crippen LogP) is 3.83. The van der Waals surface area contributed by atoms with Crippen LogP contribution in [-0.4, -0.2) is 34.6 Å². The molecule has 1 aliphatic rings. The van der Waals surface area contributed by atoms with Gasteiger partial charge in [-0.1, -0.05) is 17.3 Å². The van der Waals surface area contributed by atoms with Crippen LogP contribution in [0.5, 0.6) is 5.75 Å². The van der Waals surface area contributed by atoms with Crippen molar-refractivity contribution in [2.75, 3.05) is 13.7 Å². The lowest BCUT2D eigenvalue weighted by Crippen LogP contribution is -2.31. The van der Waals surface area contributed by atoms with Gasteiger partial charge in [-0.15, -0.1) is 0 Å². The summed E-state index contributed by atoms with van der Waals surface area (Å²) in [6, 6.07) is 9.82. The van der Waals surface area contributed by atoms with Crippen molar-refractivity contribution in [1.29, 1.82) is 0 Å². The van der Waals surface area contributed by atoms with Crippen LogP contribution in [0.4, 0.5) is 0 Å². The number of hydrogen-bond donors (Lipinski definition) is 0. The van der Waals surface area contributed by atoms with E-state index in [4.69, 9.17) is 9.26 Å². The molecule has 4 rings (SSSR count). The van der Waals surface area contributed by atoms with Crippen molar-refractivity contribution in [3.8, 4) is 5.75 Å². The summed E-state index contributed by atoms with van der Waals surface area (Å²) < 4.78 is 10.6. The van der Waals surface area contributed by atoms with Crippen LogP contribution in [0.2, 0.25) is 0 Å². The summed E-state index contributed by atoms with van der Waals surface area (Å²) in [7, 11) is 1.65. The minimum Gasteiger partial charge on any atom is -0.497 e. The van der Waals surface area contributed by atoms with Gasteiger partial charge in [0, 0.05) is 12.2 Å². The van der Waals surface area contributed by atoms with E-state index in [9.17, 15) is 4.79 Å². The van der Waals surface area contributed by atoms with Gasteiger partial charge in [-0.2, -0.15) is 0 Å². The van der Waals surface area contributed by atoms with Crippen LogP contribution in [0.15, 0.2) is 34.9 Å². The molecule has 1 saturated heterocycles. The number of carbonyl (C=O) groups is 1. The topological polar surface area (TPSA) is 68.5 Å². The quantitative estimate of drug-likeness (QED) is 0.717. The van der Waals surface area contributed by atoms with Crippen LogP contribution in [0, 0.1) is 13.8 Å². The molecule has 0 radical (unpaired) electrons. The van der Waals surface area contributed by atoms with Crippen molar-refractivity contribution in [2.24, 2.45) is 0 Å². The van der Waals surface area contributed by atoms with Crippen molar-refractivity contribution in [1.82, 2.24) is 15.0 Å². The summed E-state index contributed by atoms with van der Waals surface area (Å²) >= 11 is 0. The van der Waals surface area contributed by atoms with Gasteiger partial charge in [0.2, 0.25) is 0 Å². The highest BCUT2D eigenvalue weighted by Gasteiger charge is 2.32. The number of ether oxygens (including phenoxy) is 1. The molecule has 1 aromatic carbocycles. The zero-order chi connectivity index (χ0) is 18.3. The number of likely N-dealkylation sites (tertiary alicyclic amines) is 1. The maximum Gasteiger partial charge on any atom is 0.258 e. The van der Waals surface area contributed by atoms with Crippen LogP contribution in [0.1, 0.15) is 46.2 Å². The van der Waals surface area contributed by atoms with Crippen LogP contribution in [0.25, 0.3) is 11.1 Å². The van der Waals surface area contributed by atoms with E-state index in [-0.39, 0.29) is 11.9 Å². The molecular weight excluding hydrogens is 330 g/mol. The maximum absolute atomic E-state index is 13.4. The molecule has 0 spiro atoms. The number of rotatable bonds is 3. The molecule has 1 fully saturated rings. The Bertz CT molecular complexity index is 980. The third-order valence-electron chi connectivity index (χ3n) is 4.97. The molecule has 0 aliphatic carbocycles. The Morgan fingerprint density at radius 1 is 1.31 bits per heavy atom. The van der Waals surface area contributed by atoms with Gasteiger partial charge in [-0.25, -0.2) is 4.98 Å². The van der Waals surface area contributed by atoms with Crippen molar-refractivity contribution >= 4 is 17.0 Å². The number of fused-ring (bicyclic) bond motifs is 1. The Kier molecular flexibility index (Phi) is 4.11. The summed E-state index contributed by atoms with van der Waals surface area (Å²) in [6.45, 7) is 4.43. The van der Waals surface area contributed by atoms with Crippen LogP contribution >= 0.6 is 0 Å². The molecule has 3 heterocycles. The maximum atomic E-state index is 13.4. The van der Waals surface area contributed by atoms with E-state index in [0.29, 0.717) is 22.4 Å². The molecule has 0 saturated carbocycles. The van der Waals surface area contributed by atoms with Crippen molar-refractivity contribution in [3.63, 3.8) is 0 Å². The largest absolute Gasteiger partial charge is 0.497 e. The fourth-order valence-corrected chi connectivity index (χ4v) is 3.75. The third kappa shape index (κ3) is 2.71. The molecular formula is C20H21N3O3. The van der Waals surface area contributed by atoms with Gasteiger partial charge in [0.25, 0.3) is 11.6 Å². The fourth-order valence-electron chi connectivity index (χ4n) is 3.75. The number of methoxy groups -OCH3 is 1. The van der Waals surface area contributed by atoms with E-state index in [1.165, 1.54) is 0 Å². The fraction of sp³-hybridized carbons (Fsp3) is 0.350. The third-order valence-corrected chi connectivity index (χ3v) is 4.97. The van der Waals surface area contributed by atoms with Gasteiger partial charge < -0.3 is 14.2 Å². The van der Waals surface area contributed by atoms with Crippen LogP contribution in [0.3, 0.4) is 0 Å². The molecule has 2 aromatic heterocycles. The standard InChI is InChI=1S/C20H21N3O3/c1-12-10-16(18-13(2)22-26-19(18)21-12)20(24)23-9-5-8-17(23)14-6-4-7-15(11-14)25-3/h4,6-7,10-11,17H,5,8-9H2,1-3H3. The lowest BCUT2D eigenvalue weighted by molar-refractivity contribution is 0.0737. The zero-order valence-corrected chi connectivity index (χ0v) is 15.2. The summed E-state index contributed by atoms with van der Waals surface area (Å²) in [5, 5.41) is 4.69. The molecule has 1 unspecified atom stereocenters. The highest BCUT2D eigenvalue weighted by atomic mass is 16.5. The highest BCUT2D eigenvalue weighted by Crippen LogP contribution is 2.35. The highest BCUT2D eigenvalue weighted by molar-refractivity contribution is 6.06. The van der Waals surface area contributed by atoms with Crippen molar-refractivity contribution in [2.45, 2.75) is 32.7 Å². The molecule has 0 N–H and O–H groups in total. The van der Waals surface area contributed by atoms with Crippen molar-refractivity contribution in [3.05, 3.63) is 52.8 Å². The first-order chi connectivity index (χ1) is 12.6. The molecule has 6 heteroatoms. The van der Waals surface area contributed by atoms with Crippen LogP contribution in [-0.2, 0) is 0 Å². The summed E-state index contributed by atoms with van der Waals surface area (Å²) in [5.74, 6) is 0.802. The summed E-state index contributed by atoms with van der Waals surface area (Å²) in [6.07, 6.45) is 1.91. The molecule has 1 atom stereocenters. The number of aromatic nitrogens is 2. The monoisotopic (exact) mass is 351 g/mol. The number of aryl methyl sites for hydroxylation is 2. The molecule has 0 bridgehead atoms. The second-order valence-electron chi connectivity index (χ2n) is 6.69. The number of amides is 1. The second-order valence-corrected chi connectivity index (χ2v) is 6.69. The van der Waals surface area contributed by atoms with Gasteiger partial charge in [0.1, 0.15) is 5.75 Å². The lowest BCUT2D eigenvalue weighted by atomic mass is 10.0. The molecule has 1 amide bonds. The van der Waals surface area contributed by atoms with Crippen molar-refractivity contribution < 1.29 is 14.1 Å². The average Bonchev–Trinajstić information content (AvgIpc) is 3.28. The molecule has 134 valence electrons. The Labute approximate surface area is 151 Å². The second kappa shape index (κ2) is 6.44. The average molecular weight is 351 g/mol. The number of pyridine rings is 1. The van der Waals surface area contributed by atoms with Crippen LogP contribution < -0.4 is 4.74 Å². The van der Waals surface area contributed by atoms with Gasteiger partial charge in [0.05, 0.1) is 29.8 Å². The Hall–Kier alpha value is -2.89. The predicted molar refractivity (Wildman–Crippen MR) is 97.3 cm³/mol. The summed E-state index contributed by atoms with van der Waals surface area (Å²) in [5.41, 5.74) is 3.56. The normalized spacial score (nSPS) is 17.0. The summed E-state index contributed by atoms with van der Waals surface area (Å²) in [4.78, 5) is 19.7. The first-order valence-electron chi connectivity index (χ1n) is 8.77. The number of benzene rings is 1. The van der Waals surface area contributed by atoms with E-state index >= 15 is 0 Å². The smallest absolute Gasteiger partial charge is 0.258 e. The Morgan fingerprint density at radius 2 is 2.15 bits per heavy atom. The first-order valence-corrected chi connectivity index (χ1v) is 8.77. The molecule has 6 nitrogen and oxygen atoms in total. The van der Waals surface area contributed by atoms with E-state index < -0.39 is 0 Å². The zero-order valence-electron chi connectivity index (χ0n) is 15.2. The molecule has 3 aromatic rings. The SMILES string of the molecule is COc1cccc(C2CCCN2C(=O)c2cc(C)nc3onc(C)c23)c1. The number of nitrogens with zero attached hydrogens (tertiary/aromatic N) is 3. The number of carbonyl (C=O) groups excluding carboxylic acids is 1. The molecule has 26 heavy (non-hydrogen) atoms. The Morgan fingerprint density at radius 3 is 2.96 bits per heavy atom. The van der Waals surface area contributed by atoms with E-state index in [1.807, 2.05) is 43.0 Å². The first kappa shape index (κ1) is 16.6. The van der Waals surface area contributed by atoms with E-state index in [1.54, 1.807) is 7.11 Å². The van der Waals surface area contributed by atoms with Gasteiger partial charge in [-0.3, -0.25) is 4.79 Å². The minimum absolute atomic E-state index is 0.00267. The van der Waals surface area contributed by atoms with Gasteiger partial charge >= 0.3 is 0 Å². The molecule has 1 aliphatic heterocycles. The Balaban J connectivity index is 1.75. The van der Waals surface area contributed by atoms with Gasteiger partial charge in [-0.05, 0) is 50.5 Å². The minimum atomic E-state index is -0.00267. The number of hydrogen-bond acceptors (Lipinski definition) is 5.